The number of aryl methyl sites for hydroxylation is 1. The first kappa shape index (κ1) is 23.8. The largest absolute Gasteiger partial charge is 0.367 e. The number of aromatic nitrogens is 5. The number of hydrogen-bond donors (Lipinski definition) is 1. The minimum Gasteiger partial charge on any atom is -0.367 e. The number of rotatable bonds is 5. The van der Waals surface area contributed by atoms with Gasteiger partial charge in [0.25, 0.3) is 5.56 Å². The number of nitrogens with one attached hydrogen (secondary N) is 1. The van der Waals surface area contributed by atoms with E-state index in [1.807, 2.05) is 48.0 Å². The summed E-state index contributed by atoms with van der Waals surface area (Å²) in [5, 5.41) is 14.0. The zero-order valence-corrected chi connectivity index (χ0v) is 21.1. The van der Waals surface area contributed by atoms with Gasteiger partial charge in [0.1, 0.15) is 11.9 Å². The van der Waals surface area contributed by atoms with Gasteiger partial charge in [-0.3, -0.25) is 9.69 Å². The van der Waals surface area contributed by atoms with E-state index >= 15 is 0 Å². The van der Waals surface area contributed by atoms with Gasteiger partial charge in [0.05, 0.1) is 17.2 Å². The number of benzene rings is 2. The number of halogens is 1. The van der Waals surface area contributed by atoms with Gasteiger partial charge in [0, 0.05) is 31.7 Å². The Bertz CT molecular complexity index is 1450. The number of nitrogens with zero attached hydrogens (tertiary/aromatic N) is 6. The molecule has 1 atom stereocenters. The molecule has 0 bridgehead atoms. The Balaban J connectivity index is 1.40. The van der Waals surface area contributed by atoms with Crippen molar-refractivity contribution >= 4 is 16.6 Å². The fraction of sp³-hybridized carbons (Fsp3) is 0.429. The average molecular weight is 502 g/mol. The van der Waals surface area contributed by atoms with E-state index in [-0.39, 0.29) is 17.4 Å². The Kier molecular flexibility index (Phi) is 6.46. The zero-order valence-electron chi connectivity index (χ0n) is 21.1. The normalized spacial score (nSPS) is 18.4. The second-order valence-corrected chi connectivity index (χ2v) is 10.2. The molecule has 4 aromatic rings. The minimum absolute atomic E-state index is 0.124. The number of tetrazole rings is 1. The van der Waals surface area contributed by atoms with Gasteiger partial charge < -0.3 is 9.88 Å². The molecule has 0 unspecified atom stereocenters. The lowest BCUT2D eigenvalue weighted by molar-refractivity contribution is 0.192. The molecule has 0 amide bonds. The predicted octanol–water partition coefficient (Wildman–Crippen LogP) is 4.38. The molecule has 2 aromatic carbocycles. The summed E-state index contributed by atoms with van der Waals surface area (Å²) in [6.45, 7) is 4.60. The third-order valence-corrected chi connectivity index (χ3v) is 7.97. The molecule has 0 spiro atoms. The highest BCUT2D eigenvalue weighted by Gasteiger charge is 2.34. The topological polar surface area (TPSA) is 82.9 Å². The lowest BCUT2D eigenvalue weighted by Crippen LogP contribution is -2.49. The summed E-state index contributed by atoms with van der Waals surface area (Å²) < 4.78 is 16.4. The smallest absolute Gasteiger partial charge is 0.253 e. The van der Waals surface area contributed by atoms with Gasteiger partial charge in [-0.05, 0) is 59.3 Å². The third-order valence-electron chi connectivity index (χ3n) is 7.97. The quantitative estimate of drug-likeness (QED) is 0.437. The van der Waals surface area contributed by atoms with Gasteiger partial charge in [-0.25, -0.2) is 9.07 Å². The van der Waals surface area contributed by atoms with Gasteiger partial charge >= 0.3 is 0 Å². The number of hydrogen-bond acceptors (Lipinski definition) is 6. The van der Waals surface area contributed by atoms with Crippen LogP contribution in [0.5, 0.6) is 0 Å². The molecular formula is C28H32FN7O. The van der Waals surface area contributed by atoms with Gasteiger partial charge in [-0.1, -0.05) is 49.6 Å². The molecule has 6 rings (SSSR count). The Morgan fingerprint density at radius 2 is 1.78 bits per heavy atom. The highest BCUT2D eigenvalue weighted by molar-refractivity contribution is 5.82. The van der Waals surface area contributed by atoms with Crippen LogP contribution in [-0.2, 0) is 0 Å². The zero-order chi connectivity index (χ0) is 25.4. The molecule has 1 saturated heterocycles. The minimum atomic E-state index is -0.395. The van der Waals surface area contributed by atoms with E-state index in [0.29, 0.717) is 43.3 Å². The van der Waals surface area contributed by atoms with Crippen LogP contribution in [0, 0.1) is 12.7 Å². The number of H-pyrrole nitrogens is 1. The van der Waals surface area contributed by atoms with Crippen molar-refractivity contribution in [2.45, 2.75) is 51.1 Å². The van der Waals surface area contributed by atoms with E-state index < -0.39 is 6.04 Å². The maximum atomic E-state index is 14.5. The number of aromatic amines is 1. The Morgan fingerprint density at radius 1 is 1.00 bits per heavy atom. The number of fused-ring (bicyclic) bond motifs is 1. The Morgan fingerprint density at radius 3 is 2.57 bits per heavy atom. The number of piperazine rings is 1. The van der Waals surface area contributed by atoms with E-state index in [4.69, 9.17) is 0 Å². The Hall–Kier alpha value is -3.59. The number of anilines is 1. The second-order valence-electron chi connectivity index (χ2n) is 10.2. The predicted molar refractivity (Wildman–Crippen MR) is 141 cm³/mol. The first-order chi connectivity index (χ1) is 18.1. The summed E-state index contributed by atoms with van der Waals surface area (Å²) in [7, 11) is 0. The third kappa shape index (κ3) is 4.52. The highest BCUT2D eigenvalue weighted by atomic mass is 19.1. The van der Waals surface area contributed by atoms with Crippen LogP contribution in [0.15, 0.2) is 53.3 Å². The van der Waals surface area contributed by atoms with Crippen molar-refractivity contribution in [3.05, 3.63) is 81.7 Å². The summed E-state index contributed by atoms with van der Waals surface area (Å²) in [6, 6.07) is 14.8. The molecule has 2 aromatic heterocycles. The molecule has 8 nitrogen and oxygen atoms in total. The first-order valence-corrected chi connectivity index (χ1v) is 13.2. The summed E-state index contributed by atoms with van der Waals surface area (Å²) in [5.74, 6) is 0.499. The maximum Gasteiger partial charge on any atom is 0.253 e. The van der Waals surface area contributed by atoms with Crippen LogP contribution in [0.4, 0.5) is 10.1 Å². The number of para-hydroxylation sites is 2. The lowest BCUT2D eigenvalue weighted by Gasteiger charge is -2.40. The molecule has 1 saturated carbocycles. The van der Waals surface area contributed by atoms with Gasteiger partial charge in [0.2, 0.25) is 0 Å². The van der Waals surface area contributed by atoms with E-state index in [9.17, 15) is 9.18 Å². The molecule has 37 heavy (non-hydrogen) atoms. The summed E-state index contributed by atoms with van der Waals surface area (Å²) >= 11 is 0. The molecule has 1 aliphatic heterocycles. The summed E-state index contributed by atoms with van der Waals surface area (Å²) in [4.78, 5) is 21.0. The maximum absolute atomic E-state index is 14.5. The van der Waals surface area contributed by atoms with Crippen molar-refractivity contribution in [3.8, 4) is 0 Å². The van der Waals surface area contributed by atoms with Crippen molar-refractivity contribution in [2.75, 3.05) is 31.1 Å². The van der Waals surface area contributed by atoms with Crippen molar-refractivity contribution in [1.82, 2.24) is 30.1 Å². The molecule has 3 heterocycles. The first-order valence-electron chi connectivity index (χ1n) is 13.2. The molecule has 1 aliphatic carbocycles. The summed E-state index contributed by atoms with van der Waals surface area (Å²) in [6.07, 6.45) is 5.63. The molecule has 1 N–H and O–H groups in total. The van der Waals surface area contributed by atoms with Crippen molar-refractivity contribution in [3.63, 3.8) is 0 Å². The standard InChI is InChI=1S/C28H32FN7O/c1-19-8-7-9-20-18-22(28(37)30-25(19)20)26(27-31-32-33-36(27)21-10-3-2-4-11-21)35-16-14-34(15-17-35)24-13-6-5-12-23(24)29/h5-9,12-13,18,21,26H,2-4,10-11,14-17H2,1H3,(H,30,37)/t26-/m1/s1. The van der Waals surface area contributed by atoms with E-state index in [1.54, 1.807) is 6.07 Å². The monoisotopic (exact) mass is 501 g/mol. The van der Waals surface area contributed by atoms with Crippen LogP contribution in [0.2, 0.25) is 0 Å². The average Bonchev–Trinajstić information content (AvgIpc) is 3.41. The van der Waals surface area contributed by atoms with Crippen LogP contribution < -0.4 is 10.5 Å². The van der Waals surface area contributed by atoms with Crippen LogP contribution >= 0.6 is 0 Å². The Labute approximate surface area is 215 Å². The SMILES string of the molecule is Cc1cccc2cc([C@H](c3nnnn3C3CCCCC3)N3CCN(c4ccccc4F)CC3)c(=O)[nH]c12. The van der Waals surface area contributed by atoms with Crippen LogP contribution in [0.3, 0.4) is 0 Å². The molecule has 0 radical (unpaired) electrons. The van der Waals surface area contributed by atoms with Crippen molar-refractivity contribution in [1.29, 1.82) is 0 Å². The molecule has 9 heteroatoms. The summed E-state index contributed by atoms with van der Waals surface area (Å²) in [5.41, 5.74) is 3.02. The van der Waals surface area contributed by atoms with E-state index in [0.717, 1.165) is 42.1 Å². The molecule has 2 aliphatic rings. The lowest BCUT2D eigenvalue weighted by atomic mass is 9.95. The van der Waals surface area contributed by atoms with Crippen LogP contribution in [0.25, 0.3) is 10.9 Å². The fourth-order valence-electron chi connectivity index (χ4n) is 6.00. The van der Waals surface area contributed by atoms with Crippen molar-refractivity contribution in [2.24, 2.45) is 0 Å². The van der Waals surface area contributed by atoms with Gasteiger partial charge in [-0.2, -0.15) is 0 Å². The number of pyridine rings is 1. The van der Waals surface area contributed by atoms with Crippen LogP contribution in [0.1, 0.15) is 61.1 Å². The second kappa shape index (κ2) is 10.0. The van der Waals surface area contributed by atoms with Crippen molar-refractivity contribution < 1.29 is 4.39 Å². The van der Waals surface area contributed by atoms with E-state index in [1.165, 1.54) is 12.5 Å². The van der Waals surface area contributed by atoms with Gasteiger partial charge in [0.15, 0.2) is 5.82 Å². The van der Waals surface area contributed by atoms with Crippen LogP contribution in [-0.4, -0.2) is 56.3 Å². The fourth-order valence-corrected chi connectivity index (χ4v) is 6.00. The highest BCUT2D eigenvalue weighted by Crippen LogP contribution is 2.34. The van der Waals surface area contributed by atoms with E-state index in [2.05, 4.69) is 30.3 Å². The molecule has 2 fully saturated rings. The van der Waals surface area contributed by atoms with Gasteiger partial charge in [-0.15, -0.1) is 5.10 Å². The molecular weight excluding hydrogens is 469 g/mol. The molecule has 192 valence electrons.